The van der Waals surface area contributed by atoms with Crippen molar-refractivity contribution in [3.8, 4) is 0 Å². The van der Waals surface area contributed by atoms with Crippen LogP contribution in [-0.2, 0) is 32.7 Å². The standard InChI is InChI=1S/C9H14NO.Y/c1-6(2)8-5-10-11-9(8)7(3)4;/h6-7H,1-4H3;/q-1;. The largest absolute Gasteiger partial charge is 0.470 e. The van der Waals surface area contributed by atoms with E-state index in [1.54, 1.807) is 0 Å². The van der Waals surface area contributed by atoms with Crippen LogP contribution in [0.2, 0.25) is 0 Å². The molecule has 65 valence electrons. The molecule has 3 heteroatoms. The van der Waals surface area contributed by atoms with Gasteiger partial charge in [0.1, 0.15) is 0 Å². The molecule has 0 atom stereocenters. The van der Waals surface area contributed by atoms with Gasteiger partial charge in [0.25, 0.3) is 0 Å². The fraction of sp³-hybridized carbons (Fsp3) is 0.667. The average Bonchev–Trinajstić information content (AvgIpc) is 2.32. The van der Waals surface area contributed by atoms with Gasteiger partial charge in [0.05, 0.1) is 0 Å². The molecule has 0 fully saturated rings. The first-order valence-corrected chi connectivity index (χ1v) is 4.00. The van der Waals surface area contributed by atoms with E-state index in [-0.39, 0.29) is 32.7 Å². The average molecular weight is 241 g/mol. The molecule has 0 N–H and O–H groups in total. The van der Waals surface area contributed by atoms with Crippen LogP contribution in [0.5, 0.6) is 0 Å². The SMILES string of the molecule is CC(C)c1[c-]noc1C(C)C.[Y]. The molecule has 0 aliphatic heterocycles. The molecule has 1 rings (SSSR count). The maximum atomic E-state index is 5.08. The predicted octanol–water partition coefficient (Wildman–Crippen LogP) is 2.72. The molecule has 1 aromatic rings. The first-order valence-electron chi connectivity index (χ1n) is 4.00. The van der Waals surface area contributed by atoms with E-state index in [1.807, 2.05) is 0 Å². The summed E-state index contributed by atoms with van der Waals surface area (Å²) >= 11 is 0. The van der Waals surface area contributed by atoms with Crippen molar-refractivity contribution in [2.75, 3.05) is 0 Å². The summed E-state index contributed by atoms with van der Waals surface area (Å²) in [6.45, 7) is 8.43. The minimum atomic E-state index is 0. The third kappa shape index (κ3) is 2.67. The minimum absolute atomic E-state index is 0. The Morgan fingerprint density at radius 2 is 1.75 bits per heavy atom. The van der Waals surface area contributed by atoms with Crippen molar-refractivity contribution in [3.63, 3.8) is 0 Å². The van der Waals surface area contributed by atoms with Crippen molar-refractivity contribution in [2.45, 2.75) is 39.5 Å². The Labute approximate surface area is 99.0 Å². The molecular formula is C9H14NOY-. The zero-order valence-corrected chi connectivity index (χ0v) is 10.9. The molecule has 12 heavy (non-hydrogen) atoms. The summed E-state index contributed by atoms with van der Waals surface area (Å²) in [6, 6.07) is 0. The van der Waals surface area contributed by atoms with Crippen LogP contribution in [0.4, 0.5) is 0 Å². The molecule has 1 heterocycles. The van der Waals surface area contributed by atoms with E-state index in [4.69, 9.17) is 4.52 Å². The Bertz CT molecular complexity index is 208. The molecule has 0 bridgehead atoms. The van der Waals surface area contributed by atoms with Gasteiger partial charge in [-0.1, -0.05) is 45.7 Å². The van der Waals surface area contributed by atoms with E-state index in [9.17, 15) is 0 Å². The number of hydrogen-bond donors (Lipinski definition) is 0. The summed E-state index contributed by atoms with van der Waals surface area (Å²) in [7, 11) is 0. The fourth-order valence-corrected chi connectivity index (χ4v) is 1.06. The predicted molar refractivity (Wildman–Crippen MR) is 43.5 cm³/mol. The summed E-state index contributed by atoms with van der Waals surface area (Å²) in [5.41, 5.74) is 1.11. The van der Waals surface area contributed by atoms with E-state index in [0.717, 1.165) is 11.3 Å². The Kier molecular flexibility index (Phi) is 5.27. The van der Waals surface area contributed by atoms with Crippen LogP contribution in [0.3, 0.4) is 0 Å². The zero-order chi connectivity index (χ0) is 8.43. The third-order valence-electron chi connectivity index (χ3n) is 1.68. The molecule has 0 aromatic carbocycles. The molecular weight excluding hydrogens is 227 g/mol. The summed E-state index contributed by atoms with van der Waals surface area (Å²) in [5.74, 6) is 1.84. The maximum absolute atomic E-state index is 5.08. The van der Waals surface area contributed by atoms with Gasteiger partial charge in [-0.15, -0.1) is 0 Å². The second-order valence-corrected chi connectivity index (χ2v) is 3.38. The maximum Gasteiger partial charge on any atom is 0 e. The van der Waals surface area contributed by atoms with Gasteiger partial charge >= 0.3 is 0 Å². The van der Waals surface area contributed by atoms with Gasteiger partial charge < -0.3 is 4.52 Å². The van der Waals surface area contributed by atoms with Crippen molar-refractivity contribution in [1.82, 2.24) is 5.16 Å². The first-order chi connectivity index (χ1) is 5.13. The Morgan fingerprint density at radius 3 is 2.08 bits per heavy atom. The quantitative estimate of drug-likeness (QED) is 0.744. The van der Waals surface area contributed by atoms with E-state index >= 15 is 0 Å². The molecule has 1 aromatic heterocycles. The van der Waals surface area contributed by atoms with Crippen molar-refractivity contribution in [1.29, 1.82) is 0 Å². The minimum Gasteiger partial charge on any atom is -0.470 e. The van der Waals surface area contributed by atoms with E-state index in [2.05, 4.69) is 39.0 Å². The van der Waals surface area contributed by atoms with Crippen LogP contribution in [0.25, 0.3) is 0 Å². The summed E-state index contributed by atoms with van der Waals surface area (Å²) in [6.07, 6.45) is 2.87. The molecule has 0 aliphatic carbocycles. The molecule has 2 nitrogen and oxygen atoms in total. The molecule has 0 amide bonds. The van der Waals surface area contributed by atoms with Gasteiger partial charge in [0, 0.05) is 32.7 Å². The number of rotatable bonds is 2. The normalized spacial score (nSPS) is 10.5. The molecule has 1 radical (unpaired) electrons. The van der Waals surface area contributed by atoms with Gasteiger partial charge in [0.15, 0.2) is 0 Å². The topological polar surface area (TPSA) is 26.0 Å². The van der Waals surface area contributed by atoms with Crippen LogP contribution in [0.15, 0.2) is 4.52 Å². The molecule has 0 aliphatic rings. The Balaban J connectivity index is 0.00000121. The molecule has 0 unspecified atom stereocenters. The van der Waals surface area contributed by atoms with E-state index in [1.165, 1.54) is 0 Å². The number of nitrogens with zero attached hydrogens (tertiary/aromatic N) is 1. The van der Waals surface area contributed by atoms with Gasteiger partial charge in [-0.25, -0.2) is 5.16 Å². The van der Waals surface area contributed by atoms with Gasteiger partial charge in [-0.3, -0.25) is 0 Å². The number of hydrogen-bond acceptors (Lipinski definition) is 2. The number of aromatic nitrogens is 1. The molecule has 0 spiro atoms. The molecule has 0 saturated heterocycles. The molecule has 0 saturated carbocycles. The van der Waals surface area contributed by atoms with Gasteiger partial charge in [-0.05, 0) is 5.76 Å². The fourth-order valence-electron chi connectivity index (χ4n) is 1.06. The Hall–Kier alpha value is 0.314. The zero-order valence-electron chi connectivity index (χ0n) is 8.09. The summed E-state index contributed by atoms with van der Waals surface area (Å²) in [4.78, 5) is 0. The van der Waals surface area contributed by atoms with Crippen LogP contribution >= 0.6 is 0 Å². The smallest absolute Gasteiger partial charge is 0 e. The van der Waals surface area contributed by atoms with Crippen molar-refractivity contribution < 1.29 is 37.2 Å². The Morgan fingerprint density at radius 1 is 1.17 bits per heavy atom. The monoisotopic (exact) mass is 241 g/mol. The third-order valence-corrected chi connectivity index (χ3v) is 1.68. The second-order valence-electron chi connectivity index (χ2n) is 3.38. The first kappa shape index (κ1) is 12.3. The van der Waals surface area contributed by atoms with Crippen LogP contribution in [0, 0.1) is 6.20 Å². The summed E-state index contributed by atoms with van der Waals surface area (Å²) in [5, 5.41) is 3.66. The van der Waals surface area contributed by atoms with E-state index in [0.29, 0.717) is 11.8 Å². The van der Waals surface area contributed by atoms with Crippen LogP contribution in [-0.4, -0.2) is 5.16 Å². The van der Waals surface area contributed by atoms with Crippen molar-refractivity contribution >= 4 is 0 Å². The van der Waals surface area contributed by atoms with Crippen molar-refractivity contribution in [2.24, 2.45) is 0 Å². The van der Waals surface area contributed by atoms with Crippen molar-refractivity contribution in [3.05, 3.63) is 17.5 Å². The van der Waals surface area contributed by atoms with Crippen LogP contribution < -0.4 is 0 Å². The second kappa shape index (κ2) is 5.13. The van der Waals surface area contributed by atoms with Gasteiger partial charge in [0.2, 0.25) is 0 Å². The summed E-state index contributed by atoms with van der Waals surface area (Å²) < 4.78 is 5.08. The van der Waals surface area contributed by atoms with Gasteiger partial charge in [-0.2, -0.15) is 5.56 Å². The van der Waals surface area contributed by atoms with Crippen LogP contribution in [0.1, 0.15) is 50.9 Å². The van der Waals surface area contributed by atoms with E-state index < -0.39 is 0 Å².